The van der Waals surface area contributed by atoms with E-state index in [0.29, 0.717) is 16.9 Å². The smallest absolute Gasteiger partial charge is 0.382 e. The summed E-state index contributed by atoms with van der Waals surface area (Å²) in [6, 6.07) is 9.54. The van der Waals surface area contributed by atoms with Crippen LogP contribution in [-0.4, -0.2) is 22.1 Å². The van der Waals surface area contributed by atoms with E-state index in [2.05, 4.69) is 16.2 Å². The molecular formula is C19H16F3N3. The van der Waals surface area contributed by atoms with Crippen molar-refractivity contribution in [3.05, 3.63) is 53.9 Å². The lowest BCUT2D eigenvalue weighted by atomic mass is 10.1. The van der Waals surface area contributed by atoms with E-state index in [0.717, 1.165) is 16.8 Å². The third-order valence-corrected chi connectivity index (χ3v) is 3.81. The summed E-state index contributed by atoms with van der Waals surface area (Å²) in [4.78, 5) is 4.37. The number of benzene rings is 1. The molecule has 1 aromatic carbocycles. The Morgan fingerprint density at radius 2 is 2.08 bits per heavy atom. The predicted octanol–water partition coefficient (Wildman–Crippen LogP) is 4.66. The molecule has 0 atom stereocenters. The zero-order valence-corrected chi connectivity index (χ0v) is 13.6. The molecule has 2 aromatic heterocycles. The van der Waals surface area contributed by atoms with Gasteiger partial charge in [0.1, 0.15) is 0 Å². The van der Waals surface area contributed by atoms with Crippen molar-refractivity contribution in [1.29, 1.82) is 0 Å². The third kappa shape index (κ3) is 3.77. The van der Waals surface area contributed by atoms with E-state index in [4.69, 9.17) is 6.42 Å². The highest BCUT2D eigenvalue weighted by molar-refractivity contribution is 5.75. The lowest BCUT2D eigenvalue weighted by Gasteiger charge is -2.11. The number of nitrogens with zero attached hydrogens (tertiary/aromatic N) is 2. The molecule has 3 aromatic rings. The summed E-state index contributed by atoms with van der Waals surface area (Å²) in [5.41, 5.74) is 4.48. The number of halogens is 3. The van der Waals surface area contributed by atoms with Gasteiger partial charge in [0.25, 0.3) is 0 Å². The average molecular weight is 343 g/mol. The molecule has 6 heteroatoms. The van der Waals surface area contributed by atoms with Gasteiger partial charge in [-0.05, 0) is 19.1 Å². The Morgan fingerprint density at radius 1 is 1.28 bits per heavy atom. The lowest BCUT2D eigenvalue weighted by molar-refractivity contribution is -0.131. The second-order valence-electron chi connectivity index (χ2n) is 5.79. The fourth-order valence-corrected chi connectivity index (χ4v) is 2.65. The van der Waals surface area contributed by atoms with Crippen LogP contribution in [0.1, 0.15) is 17.5 Å². The third-order valence-electron chi connectivity index (χ3n) is 3.81. The highest BCUT2D eigenvalue weighted by Crippen LogP contribution is 2.27. The van der Waals surface area contributed by atoms with Crippen molar-refractivity contribution in [2.45, 2.75) is 19.5 Å². The monoisotopic (exact) mass is 343 g/mol. The van der Waals surface area contributed by atoms with Gasteiger partial charge in [0.2, 0.25) is 0 Å². The topological polar surface area (TPSA) is 29.3 Å². The van der Waals surface area contributed by atoms with E-state index in [-0.39, 0.29) is 6.54 Å². The van der Waals surface area contributed by atoms with Crippen molar-refractivity contribution in [3.63, 3.8) is 0 Å². The Hall–Kier alpha value is -2.94. The molecule has 128 valence electrons. The van der Waals surface area contributed by atoms with Gasteiger partial charge in [-0.15, -0.1) is 6.42 Å². The Kier molecular flexibility index (Phi) is 4.41. The number of aryl methyl sites for hydroxylation is 1. The standard InChI is InChI=1S/C19H16F3N3/c1-3-14-10-16(23-8-7-19(20,21)22)18-24-11-17(25(18)12-14)15-6-4-5-13(2)9-15/h1,4-6,9-12,23H,7-8H2,2H3. The molecule has 0 amide bonds. The summed E-state index contributed by atoms with van der Waals surface area (Å²) in [5.74, 6) is 2.54. The van der Waals surface area contributed by atoms with Crippen LogP contribution in [0.25, 0.3) is 16.9 Å². The molecule has 25 heavy (non-hydrogen) atoms. The van der Waals surface area contributed by atoms with E-state index in [1.165, 1.54) is 0 Å². The first-order valence-electron chi connectivity index (χ1n) is 7.73. The summed E-state index contributed by atoms with van der Waals surface area (Å²) in [5, 5.41) is 2.80. The van der Waals surface area contributed by atoms with Crippen LogP contribution >= 0.6 is 0 Å². The van der Waals surface area contributed by atoms with Crippen LogP contribution < -0.4 is 5.32 Å². The van der Waals surface area contributed by atoms with E-state index >= 15 is 0 Å². The van der Waals surface area contributed by atoms with Crippen molar-refractivity contribution >= 4 is 11.3 Å². The normalized spacial score (nSPS) is 11.5. The fraction of sp³-hybridized carbons (Fsp3) is 0.211. The lowest BCUT2D eigenvalue weighted by Crippen LogP contribution is -2.15. The van der Waals surface area contributed by atoms with E-state index in [9.17, 15) is 13.2 Å². The molecule has 2 heterocycles. The second-order valence-corrected chi connectivity index (χ2v) is 5.79. The Bertz CT molecular complexity index is 949. The maximum Gasteiger partial charge on any atom is 0.390 e. The molecule has 0 saturated heterocycles. The van der Waals surface area contributed by atoms with Gasteiger partial charge in [0.15, 0.2) is 5.65 Å². The Morgan fingerprint density at radius 3 is 2.76 bits per heavy atom. The Labute approximate surface area is 143 Å². The minimum Gasteiger partial charge on any atom is -0.382 e. The van der Waals surface area contributed by atoms with Crippen molar-refractivity contribution < 1.29 is 13.2 Å². The average Bonchev–Trinajstić information content (AvgIpc) is 2.97. The zero-order valence-electron chi connectivity index (χ0n) is 13.6. The van der Waals surface area contributed by atoms with Crippen molar-refractivity contribution in [2.75, 3.05) is 11.9 Å². The van der Waals surface area contributed by atoms with Crippen molar-refractivity contribution in [3.8, 4) is 23.6 Å². The molecule has 0 spiro atoms. The molecule has 0 aliphatic heterocycles. The van der Waals surface area contributed by atoms with Crippen LogP contribution in [0.3, 0.4) is 0 Å². The van der Waals surface area contributed by atoms with Gasteiger partial charge in [0.05, 0.1) is 24.0 Å². The quantitative estimate of drug-likeness (QED) is 0.699. The summed E-state index contributed by atoms with van der Waals surface area (Å²) in [6.45, 7) is 1.75. The molecule has 0 radical (unpaired) electrons. The van der Waals surface area contributed by atoms with Crippen LogP contribution in [0.4, 0.5) is 18.9 Å². The van der Waals surface area contributed by atoms with Crippen LogP contribution in [-0.2, 0) is 0 Å². The number of aromatic nitrogens is 2. The number of nitrogens with one attached hydrogen (secondary N) is 1. The van der Waals surface area contributed by atoms with Crippen LogP contribution in [0.15, 0.2) is 42.7 Å². The number of terminal acetylenes is 1. The largest absolute Gasteiger partial charge is 0.390 e. The van der Waals surface area contributed by atoms with Crippen molar-refractivity contribution in [2.24, 2.45) is 0 Å². The zero-order chi connectivity index (χ0) is 18.0. The molecule has 1 N–H and O–H groups in total. The summed E-state index contributed by atoms with van der Waals surface area (Å²) < 4.78 is 39.0. The molecule has 0 saturated carbocycles. The molecule has 0 unspecified atom stereocenters. The van der Waals surface area contributed by atoms with E-state index < -0.39 is 12.6 Å². The van der Waals surface area contributed by atoms with Gasteiger partial charge in [0, 0.05) is 23.9 Å². The van der Waals surface area contributed by atoms with Gasteiger partial charge < -0.3 is 5.32 Å². The number of anilines is 1. The SMILES string of the molecule is C#Cc1cc(NCCC(F)(F)F)c2ncc(-c3cccc(C)c3)n2c1. The minimum absolute atomic E-state index is 0.236. The van der Waals surface area contributed by atoms with Crippen LogP contribution in [0.2, 0.25) is 0 Å². The van der Waals surface area contributed by atoms with Crippen molar-refractivity contribution in [1.82, 2.24) is 9.38 Å². The maximum atomic E-state index is 12.4. The Balaban J connectivity index is 2.03. The second kappa shape index (κ2) is 6.52. The highest BCUT2D eigenvalue weighted by atomic mass is 19.4. The summed E-state index contributed by atoms with van der Waals surface area (Å²) in [7, 11) is 0. The van der Waals surface area contributed by atoms with E-state index in [1.807, 2.05) is 31.2 Å². The molecule has 3 nitrogen and oxygen atoms in total. The minimum atomic E-state index is -4.21. The number of rotatable bonds is 4. The van der Waals surface area contributed by atoms with Gasteiger partial charge in [-0.2, -0.15) is 13.2 Å². The fourth-order valence-electron chi connectivity index (χ4n) is 2.65. The predicted molar refractivity (Wildman–Crippen MR) is 92.5 cm³/mol. The van der Waals surface area contributed by atoms with Gasteiger partial charge >= 0.3 is 6.18 Å². The number of pyridine rings is 1. The van der Waals surface area contributed by atoms with Gasteiger partial charge in [-0.3, -0.25) is 4.40 Å². The number of imidazole rings is 1. The number of hydrogen-bond donors (Lipinski definition) is 1. The number of hydrogen-bond acceptors (Lipinski definition) is 2. The van der Waals surface area contributed by atoms with E-state index in [1.54, 1.807) is 22.9 Å². The molecule has 0 bridgehead atoms. The first-order valence-corrected chi connectivity index (χ1v) is 7.73. The molecule has 3 rings (SSSR count). The molecule has 0 fully saturated rings. The molecule has 0 aliphatic rings. The number of fused-ring (bicyclic) bond motifs is 1. The number of alkyl halides is 3. The first-order chi connectivity index (χ1) is 11.9. The van der Waals surface area contributed by atoms with Gasteiger partial charge in [-0.25, -0.2) is 4.98 Å². The summed E-state index contributed by atoms with van der Waals surface area (Å²) in [6.07, 6.45) is 3.81. The van der Waals surface area contributed by atoms with Crippen LogP contribution in [0.5, 0.6) is 0 Å². The molecule has 0 aliphatic carbocycles. The first kappa shape index (κ1) is 16.9. The summed E-state index contributed by atoms with van der Waals surface area (Å²) >= 11 is 0. The maximum absolute atomic E-state index is 12.4. The highest BCUT2D eigenvalue weighted by Gasteiger charge is 2.26. The van der Waals surface area contributed by atoms with Crippen LogP contribution in [0, 0.1) is 19.3 Å². The van der Waals surface area contributed by atoms with Gasteiger partial charge in [-0.1, -0.05) is 29.7 Å². The molecular weight excluding hydrogens is 327 g/mol.